The molecule has 1 atom stereocenters. The SMILES string of the molecule is Cc1csc(CN(C)C(=O)[C@@H](NC2CCOCC2)C(C)C)n1. The van der Waals surface area contributed by atoms with E-state index in [4.69, 9.17) is 4.74 Å². The Morgan fingerprint density at radius 2 is 2.18 bits per heavy atom. The Labute approximate surface area is 137 Å². The van der Waals surface area contributed by atoms with Gasteiger partial charge in [-0.05, 0) is 25.7 Å². The van der Waals surface area contributed by atoms with Gasteiger partial charge in [-0.25, -0.2) is 4.98 Å². The van der Waals surface area contributed by atoms with Crippen LogP contribution >= 0.6 is 11.3 Å². The molecule has 1 aromatic rings. The maximum Gasteiger partial charge on any atom is 0.240 e. The van der Waals surface area contributed by atoms with E-state index in [0.717, 1.165) is 36.8 Å². The van der Waals surface area contributed by atoms with Gasteiger partial charge in [0, 0.05) is 37.4 Å². The summed E-state index contributed by atoms with van der Waals surface area (Å²) in [6.07, 6.45) is 1.96. The van der Waals surface area contributed by atoms with E-state index in [1.807, 2.05) is 19.4 Å². The molecule has 0 bridgehead atoms. The molecule has 1 N–H and O–H groups in total. The molecule has 1 aliphatic rings. The number of carbonyl (C=O) groups is 1. The molecule has 1 fully saturated rings. The van der Waals surface area contributed by atoms with Crippen LogP contribution in [0.5, 0.6) is 0 Å². The maximum atomic E-state index is 12.8. The second kappa shape index (κ2) is 8.04. The Hall–Kier alpha value is -0.980. The molecule has 2 heterocycles. The summed E-state index contributed by atoms with van der Waals surface area (Å²) in [4.78, 5) is 19.0. The molecule has 124 valence electrons. The standard InChI is InChI=1S/C16H27N3O2S/c1-11(2)15(18-13-5-7-21-8-6-13)16(20)19(4)9-14-17-12(3)10-22-14/h10-11,13,15,18H,5-9H2,1-4H3/t15-/m0/s1. The number of hydrogen-bond acceptors (Lipinski definition) is 5. The highest BCUT2D eigenvalue weighted by Gasteiger charge is 2.28. The third-order valence-corrected chi connectivity index (χ3v) is 4.94. The lowest BCUT2D eigenvalue weighted by atomic mass is 9.99. The van der Waals surface area contributed by atoms with E-state index in [1.54, 1.807) is 16.2 Å². The first-order valence-electron chi connectivity index (χ1n) is 7.97. The average molecular weight is 325 g/mol. The van der Waals surface area contributed by atoms with E-state index in [-0.39, 0.29) is 17.9 Å². The Bertz CT molecular complexity index is 483. The summed E-state index contributed by atoms with van der Waals surface area (Å²) in [5.74, 6) is 0.408. The fourth-order valence-electron chi connectivity index (χ4n) is 2.66. The summed E-state index contributed by atoms with van der Waals surface area (Å²) in [6.45, 7) is 8.31. The Kier molecular flexibility index (Phi) is 6.35. The Morgan fingerprint density at radius 3 is 2.73 bits per heavy atom. The molecular formula is C16H27N3O2S. The number of hydrogen-bond donors (Lipinski definition) is 1. The van der Waals surface area contributed by atoms with Gasteiger partial charge < -0.3 is 15.0 Å². The highest BCUT2D eigenvalue weighted by atomic mass is 32.1. The summed E-state index contributed by atoms with van der Waals surface area (Å²) in [6, 6.07) is 0.231. The van der Waals surface area contributed by atoms with Crippen LogP contribution in [0.15, 0.2) is 5.38 Å². The van der Waals surface area contributed by atoms with Crippen molar-refractivity contribution < 1.29 is 9.53 Å². The van der Waals surface area contributed by atoms with Crippen LogP contribution in [-0.4, -0.2) is 48.1 Å². The summed E-state index contributed by atoms with van der Waals surface area (Å²) in [5, 5.41) is 6.55. The van der Waals surface area contributed by atoms with Gasteiger partial charge in [0.15, 0.2) is 0 Å². The molecular weight excluding hydrogens is 298 g/mol. The summed E-state index contributed by atoms with van der Waals surface area (Å²) in [7, 11) is 1.86. The van der Waals surface area contributed by atoms with Crippen molar-refractivity contribution >= 4 is 17.2 Å². The number of nitrogens with one attached hydrogen (secondary N) is 1. The molecule has 0 aliphatic carbocycles. The minimum Gasteiger partial charge on any atom is -0.381 e. The van der Waals surface area contributed by atoms with E-state index in [0.29, 0.717) is 12.6 Å². The molecule has 2 rings (SSSR count). The van der Waals surface area contributed by atoms with Gasteiger partial charge >= 0.3 is 0 Å². The zero-order valence-corrected chi connectivity index (χ0v) is 14.8. The first-order chi connectivity index (χ1) is 10.5. The molecule has 1 amide bonds. The van der Waals surface area contributed by atoms with Crippen LogP contribution in [0.2, 0.25) is 0 Å². The van der Waals surface area contributed by atoms with Crippen molar-refractivity contribution in [3.05, 3.63) is 16.1 Å². The van der Waals surface area contributed by atoms with Gasteiger partial charge in [0.25, 0.3) is 0 Å². The van der Waals surface area contributed by atoms with Crippen molar-refractivity contribution in [2.45, 2.75) is 52.2 Å². The molecule has 1 aliphatic heterocycles. The van der Waals surface area contributed by atoms with E-state index in [9.17, 15) is 4.79 Å². The molecule has 5 nitrogen and oxygen atoms in total. The predicted molar refractivity (Wildman–Crippen MR) is 88.9 cm³/mol. The van der Waals surface area contributed by atoms with Crippen LogP contribution in [0.1, 0.15) is 37.4 Å². The lowest BCUT2D eigenvalue weighted by Gasteiger charge is -2.32. The summed E-state index contributed by atoms with van der Waals surface area (Å²) in [5.41, 5.74) is 1.02. The maximum absolute atomic E-state index is 12.8. The van der Waals surface area contributed by atoms with Crippen molar-refractivity contribution in [3.63, 3.8) is 0 Å². The van der Waals surface area contributed by atoms with Gasteiger partial charge in [-0.3, -0.25) is 4.79 Å². The van der Waals surface area contributed by atoms with Gasteiger partial charge in [0.05, 0.1) is 12.6 Å². The number of amides is 1. The van der Waals surface area contributed by atoms with Crippen molar-refractivity contribution in [3.8, 4) is 0 Å². The fourth-order valence-corrected chi connectivity index (χ4v) is 3.48. The van der Waals surface area contributed by atoms with Crippen molar-refractivity contribution in [1.82, 2.24) is 15.2 Å². The van der Waals surface area contributed by atoms with E-state index < -0.39 is 0 Å². The number of carbonyl (C=O) groups excluding carboxylic acids is 1. The van der Waals surface area contributed by atoms with Gasteiger partial charge in [-0.1, -0.05) is 13.8 Å². The summed E-state index contributed by atoms with van der Waals surface area (Å²) < 4.78 is 5.39. The Balaban J connectivity index is 1.95. The first-order valence-corrected chi connectivity index (χ1v) is 8.85. The predicted octanol–water partition coefficient (Wildman–Crippen LogP) is 2.20. The third-order valence-electron chi connectivity index (χ3n) is 3.98. The molecule has 1 saturated heterocycles. The second-order valence-electron chi connectivity index (χ2n) is 6.35. The minimum atomic E-state index is -0.144. The van der Waals surface area contributed by atoms with Crippen LogP contribution in [0.25, 0.3) is 0 Å². The molecule has 1 aromatic heterocycles. The molecule has 0 aromatic carbocycles. The van der Waals surface area contributed by atoms with Crippen molar-refractivity contribution in [1.29, 1.82) is 0 Å². The highest BCUT2D eigenvalue weighted by molar-refractivity contribution is 7.09. The van der Waals surface area contributed by atoms with Crippen LogP contribution in [0.4, 0.5) is 0 Å². The number of likely N-dealkylation sites (N-methyl/N-ethyl adjacent to an activating group) is 1. The van der Waals surface area contributed by atoms with Gasteiger partial charge in [0.1, 0.15) is 5.01 Å². The average Bonchev–Trinajstić information content (AvgIpc) is 2.90. The minimum absolute atomic E-state index is 0.144. The monoisotopic (exact) mass is 325 g/mol. The van der Waals surface area contributed by atoms with Crippen LogP contribution in [0, 0.1) is 12.8 Å². The largest absolute Gasteiger partial charge is 0.381 e. The topological polar surface area (TPSA) is 54.5 Å². The molecule has 0 saturated carbocycles. The number of aryl methyl sites for hydroxylation is 1. The van der Waals surface area contributed by atoms with Crippen LogP contribution in [0.3, 0.4) is 0 Å². The number of aromatic nitrogens is 1. The number of thiazole rings is 1. The zero-order chi connectivity index (χ0) is 16.1. The van der Waals surface area contributed by atoms with Gasteiger partial charge in [-0.15, -0.1) is 11.3 Å². The molecule has 6 heteroatoms. The van der Waals surface area contributed by atoms with Crippen LogP contribution in [-0.2, 0) is 16.1 Å². The molecule has 0 radical (unpaired) electrons. The van der Waals surface area contributed by atoms with Crippen LogP contribution < -0.4 is 5.32 Å². The zero-order valence-electron chi connectivity index (χ0n) is 14.0. The van der Waals surface area contributed by atoms with Crippen molar-refractivity contribution in [2.24, 2.45) is 5.92 Å². The third kappa shape index (κ3) is 4.76. The lowest BCUT2D eigenvalue weighted by Crippen LogP contribution is -2.52. The smallest absolute Gasteiger partial charge is 0.240 e. The quantitative estimate of drug-likeness (QED) is 0.871. The number of ether oxygens (including phenoxy) is 1. The highest BCUT2D eigenvalue weighted by Crippen LogP contribution is 2.15. The van der Waals surface area contributed by atoms with E-state index >= 15 is 0 Å². The lowest BCUT2D eigenvalue weighted by molar-refractivity contribution is -0.134. The Morgan fingerprint density at radius 1 is 1.50 bits per heavy atom. The second-order valence-corrected chi connectivity index (χ2v) is 7.29. The normalized spacial score (nSPS) is 17.7. The molecule has 0 spiro atoms. The molecule has 22 heavy (non-hydrogen) atoms. The van der Waals surface area contributed by atoms with E-state index in [1.165, 1.54) is 0 Å². The fraction of sp³-hybridized carbons (Fsp3) is 0.750. The van der Waals surface area contributed by atoms with E-state index in [2.05, 4.69) is 24.1 Å². The summed E-state index contributed by atoms with van der Waals surface area (Å²) >= 11 is 1.61. The molecule has 0 unspecified atom stereocenters. The number of nitrogens with zero attached hydrogens (tertiary/aromatic N) is 2. The first kappa shape index (κ1) is 17.4. The van der Waals surface area contributed by atoms with Crippen molar-refractivity contribution in [2.75, 3.05) is 20.3 Å². The number of rotatable bonds is 6. The van der Waals surface area contributed by atoms with Gasteiger partial charge in [0.2, 0.25) is 5.91 Å². The van der Waals surface area contributed by atoms with Gasteiger partial charge in [-0.2, -0.15) is 0 Å².